The van der Waals surface area contributed by atoms with Crippen molar-refractivity contribution in [1.82, 2.24) is 34.2 Å². The monoisotopic (exact) mass is 608 g/mol. The molecule has 4 aromatic rings. The van der Waals surface area contributed by atoms with Crippen molar-refractivity contribution in [3.8, 4) is 0 Å². The van der Waals surface area contributed by atoms with E-state index in [-0.39, 0.29) is 30.1 Å². The van der Waals surface area contributed by atoms with Gasteiger partial charge in [-0.25, -0.2) is 24.2 Å². The van der Waals surface area contributed by atoms with Gasteiger partial charge in [0.15, 0.2) is 11.5 Å². The second-order valence-corrected chi connectivity index (χ2v) is 11.6. The minimum atomic E-state index is -2.79. The normalized spacial score (nSPS) is 28.3. The number of aryl methyl sites for hydroxylation is 1. The summed E-state index contributed by atoms with van der Waals surface area (Å²) >= 11 is 0. The standard InChI is InChI=1S/C29H36N10O5/c1-16-14-29(16,26(30)40)39-24-19(25(35-39)37-8-10-44-11-9-37)6-7-22(34-24)33-23-13-20-21(15-31-23)36(2)28(42)38(20)18-5-4-17(12-18)32-27(41)43-3/h6-7,13,15-18H,4-5,8-12,14H2,1-3H3,(H2,30,40)(H,32,41)(H,31,33,34)/i2D3,17D. The molecule has 3 fully saturated rings. The van der Waals surface area contributed by atoms with E-state index >= 15 is 0 Å². The topological polar surface area (TPSA) is 176 Å². The highest BCUT2D eigenvalue weighted by Gasteiger charge is 2.60. The smallest absolute Gasteiger partial charge is 0.407 e. The van der Waals surface area contributed by atoms with E-state index in [9.17, 15) is 14.4 Å². The summed E-state index contributed by atoms with van der Waals surface area (Å²) in [5, 5.41) is 11.3. The van der Waals surface area contributed by atoms with E-state index in [1.54, 1.807) is 16.8 Å². The van der Waals surface area contributed by atoms with E-state index in [2.05, 4.69) is 25.3 Å². The number of primary amides is 1. The number of pyridine rings is 2. The summed E-state index contributed by atoms with van der Waals surface area (Å²) in [6.45, 7) is 1.51. The lowest BCUT2D eigenvalue weighted by molar-refractivity contribution is -0.123. The van der Waals surface area contributed by atoms with E-state index in [0.717, 1.165) is 5.39 Å². The number of alkyl carbamates (subject to hydrolysis) is 1. The molecule has 15 heteroatoms. The number of carbonyl (C=O) groups is 2. The number of hydrogen-bond donors (Lipinski definition) is 3. The third kappa shape index (κ3) is 4.44. The average Bonchev–Trinajstić information content (AvgIpc) is 3.28. The molecule has 0 radical (unpaired) electrons. The number of aromatic nitrogens is 6. The summed E-state index contributed by atoms with van der Waals surface area (Å²) in [7, 11) is 1.20. The van der Waals surface area contributed by atoms with E-state index in [0.29, 0.717) is 66.5 Å². The fourth-order valence-corrected chi connectivity index (χ4v) is 6.52. The number of anilines is 3. The molecule has 4 atom stereocenters. The molecule has 0 aromatic carbocycles. The first kappa shape index (κ1) is 23.8. The van der Waals surface area contributed by atoms with E-state index in [1.807, 2.05) is 13.0 Å². The maximum Gasteiger partial charge on any atom is 0.407 e. The van der Waals surface area contributed by atoms with Gasteiger partial charge in [0, 0.05) is 42.3 Å². The van der Waals surface area contributed by atoms with Crippen LogP contribution in [0.2, 0.25) is 0 Å². The van der Waals surface area contributed by atoms with Crippen molar-refractivity contribution in [2.75, 3.05) is 43.6 Å². The molecule has 3 aliphatic rings. The van der Waals surface area contributed by atoms with Gasteiger partial charge in [-0.05, 0) is 43.7 Å². The Balaban J connectivity index is 1.28. The zero-order valence-corrected chi connectivity index (χ0v) is 24.4. The lowest BCUT2D eigenvalue weighted by Gasteiger charge is -2.27. The number of hydrogen-bond acceptors (Lipinski definition) is 10. The highest BCUT2D eigenvalue weighted by molar-refractivity contribution is 5.94. The van der Waals surface area contributed by atoms with Gasteiger partial charge in [0.2, 0.25) is 5.91 Å². The van der Waals surface area contributed by atoms with Crippen LogP contribution in [-0.4, -0.2) is 80.3 Å². The van der Waals surface area contributed by atoms with Crippen molar-refractivity contribution in [3.63, 3.8) is 0 Å². The Kier molecular flexibility index (Phi) is 5.67. The van der Waals surface area contributed by atoms with Crippen molar-refractivity contribution in [1.29, 1.82) is 0 Å². The number of nitrogens with one attached hydrogen (secondary N) is 2. The third-order valence-electron chi connectivity index (χ3n) is 9.01. The van der Waals surface area contributed by atoms with Crippen LogP contribution in [0.25, 0.3) is 22.1 Å². The first-order valence-corrected chi connectivity index (χ1v) is 14.6. The Morgan fingerprint density at radius 2 is 2.02 bits per heavy atom. The quantitative estimate of drug-likeness (QED) is 0.280. The van der Waals surface area contributed by atoms with Crippen LogP contribution in [0.3, 0.4) is 0 Å². The number of morpholine rings is 1. The molecule has 0 bridgehead atoms. The number of amides is 2. The second kappa shape index (κ2) is 10.5. The molecule has 2 aliphatic carbocycles. The summed E-state index contributed by atoms with van der Waals surface area (Å²) in [6.07, 6.45) is 1.70. The van der Waals surface area contributed by atoms with Crippen LogP contribution < -0.4 is 27.0 Å². The fourth-order valence-electron chi connectivity index (χ4n) is 6.52. The predicted octanol–water partition coefficient (Wildman–Crippen LogP) is 1.73. The second-order valence-electron chi connectivity index (χ2n) is 11.6. The van der Waals surface area contributed by atoms with Crippen LogP contribution in [0.4, 0.5) is 22.2 Å². The minimum Gasteiger partial charge on any atom is -0.453 e. The Bertz CT molecular complexity index is 2000. The Hall–Kier alpha value is -4.66. The van der Waals surface area contributed by atoms with Crippen LogP contribution in [0.1, 0.15) is 44.1 Å². The zero-order chi connectivity index (χ0) is 34.2. The molecule has 7 rings (SSSR count). The van der Waals surface area contributed by atoms with Crippen molar-refractivity contribution >= 4 is 51.5 Å². The van der Waals surface area contributed by atoms with Crippen LogP contribution in [0.5, 0.6) is 0 Å². The highest BCUT2D eigenvalue weighted by atomic mass is 16.5. The predicted molar refractivity (Wildman–Crippen MR) is 162 cm³/mol. The molecule has 232 valence electrons. The Morgan fingerprint density at radius 3 is 2.73 bits per heavy atom. The summed E-state index contributed by atoms with van der Waals surface area (Å²) < 4.78 is 46.7. The molecule has 15 nitrogen and oxygen atoms in total. The van der Waals surface area contributed by atoms with Crippen LogP contribution in [0.15, 0.2) is 29.2 Å². The molecule has 4 N–H and O–H groups in total. The van der Waals surface area contributed by atoms with Crippen LogP contribution in [-0.2, 0) is 26.8 Å². The third-order valence-corrected chi connectivity index (χ3v) is 9.01. The Morgan fingerprint density at radius 1 is 1.23 bits per heavy atom. The molecular formula is C29H36N10O5. The number of fused-ring (bicyclic) bond motifs is 2. The van der Waals surface area contributed by atoms with Gasteiger partial charge in [-0.1, -0.05) is 6.92 Å². The summed E-state index contributed by atoms with van der Waals surface area (Å²) in [5.74, 6) is 0.817. The van der Waals surface area contributed by atoms with Gasteiger partial charge < -0.3 is 30.7 Å². The first-order valence-electron chi connectivity index (χ1n) is 16.6. The maximum absolute atomic E-state index is 13.7. The summed E-state index contributed by atoms with van der Waals surface area (Å²) in [4.78, 5) is 49.6. The molecule has 4 aromatic heterocycles. The van der Waals surface area contributed by atoms with Crippen LogP contribution >= 0.6 is 0 Å². The highest BCUT2D eigenvalue weighted by Crippen LogP contribution is 2.51. The van der Waals surface area contributed by atoms with Crippen LogP contribution in [0, 0.1) is 5.92 Å². The lowest BCUT2D eigenvalue weighted by Crippen LogP contribution is -2.38. The van der Waals surface area contributed by atoms with Crippen molar-refractivity contribution in [2.24, 2.45) is 18.6 Å². The van der Waals surface area contributed by atoms with Gasteiger partial charge in [-0.2, -0.15) is 5.10 Å². The summed E-state index contributed by atoms with van der Waals surface area (Å²) in [5.41, 5.74) is 4.99. The first-order chi connectivity index (χ1) is 22.8. The molecule has 1 aliphatic heterocycles. The van der Waals surface area contributed by atoms with Crippen molar-refractivity contribution < 1.29 is 24.5 Å². The van der Waals surface area contributed by atoms with Crippen molar-refractivity contribution in [3.05, 3.63) is 34.9 Å². The van der Waals surface area contributed by atoms with Crippen molar-refractivity contribution in [2.45, 2.75) is 50.2 Å². The minimum absolute atomic E-state index is 0.0296. The molecule has 4 unspecified atom stereocenters. The number of ether oxygens (including phenoxy) is 2. The lowest BCUT2D eigenvalue weighted by atomic mass is 10.2. The van der Waals surface area contributed by atoms with Gasteiger partial charge in [0.25, 0.3) is 0 Å². The number of imidazole rings is 1. The van der Waals surface area contributed by atoms with E-state index in [1.165, 1.54) is 17.9 Å². The number of nitrogens with two attached hydrogens (primary N) is 1. The largest absolute Gasteiger partial charge is 0.453 e. The molecule has 2 amide bonds. The SMILES string of the molecule is [2H]C1(NC(=O)OC)CCC(n2c(=O)n(C([2H])([2H])[2H])c3cnc(Nc4ccc5c(N6CCOCC6)nn(C6(C(N)=O)CC6C)c5n4)cc32)C1. The number of nitrogens with zero attached hydrogens (tertiary/aromatic N) is 7. The molecule has 5 heterocycles. The molecule has 1 saturated heterocycles. The number of carbonyl (C=O) groups excluding carboxylic acids is 2. The molecule has 2 saturated carbocycles. The van der Waals surface area contributed by atoms with Gasteiger partial charge in [0.1, 0.15) is 17.2 Å². The van der Waals surface area contributed by atoms with Gasteiger partial charge in [-0.15, -0.1) is 0 Å². The van der Waals surface area contributed by atoms with Gasteiger partial charge in [0.05, 0.1) is 44.3 Å². The maximum atomic E-state index is 13.7. The number of methoxy groups -OCH3 is 1. The van der Waals surface area contributed by atoms with E-state index < -0.39 is 42.3 Å². The Labute approximate surface area is 257 Å². The molecule has 0 spiro atoms. The summed E-state index contributed by atoms with van der Waals surface area (Å²) in [6, 6.07) is 3.20. The molecule has 44 heavy (non-hydrogen) atoms. The number of rotatable bonds is 7. The zero-order valence-electron chi connectivity index (χ0n) is 28.4. The fraction of sp³-hybridized carbons (Fsp3) is 0.517. The van der Waals surface area contributed by atoms with Gasteiger partial charge >= 0.3 is 11.8 Å². The molecular weight excluding hydrogens is 568 g/mol. The van der Waals surface area contributed by atoms with Gasteiger partial charge in [-0.3, -0.25) is 13.9 Å². The average molecular weight is 609 g/mol. The van der Waals surface area contributed by atoms with E-state index in [4.69, 9.17) is 26.0 Å².